The fraction of sp³-hybridized carbons (Fsp3) is 0.462. The summed E-state index contributed by atoms with van der Waals surface area (Å²) >= 11 is 1.60. The fourth-order valence-corrected chi connectivity index (χ4v) is 2.17. The molecular weight excluding hydrogens is 252 g/mol. The lowest BCUT2D eigenvalue weighted by atomic mass is 10.2. The van der Waals surface area contributed by atoms with Crippen molar-refractivity contribution in [1.82, 2.24) is 0 Å². The first-order chi connectivity index (χ1) is 8.74. The summed E-state index contributed by atoms with van der Waals surface area (Å²) in [5.74, 6) is -0.0796. The van der Waals surface area contributed by atoms with E-state index in [0.717, 1.165) is 17.1 Å². The minimum Gasteiger partial charge on any atom is -0.478 e. The van der Waals surface area contributed by atoms with Crippen molar-refractivity contribution in [2.45, 2.75) is 11.3 Å². The summed E-state index contributed by atoms with van der Waals surface area (Å²) in [6.45, 7) is 2.07. The molecule has 0 atom stereocenters. The Morgan fingerprint density at radius 2 is 2.17 bits per heavy atom. The van der Waals surface area contributed by atoms with E-state index in [2.05, 4.69) is 0 Å². The van der Waals surface area contributed by atoms with Crippen molar-refractivity contribution in [3.8, 4) is 0 Å². The smallest absolute Gasteiger partial charge is 0.335 e. The second-order valence-corrected chi connectivity index (χ2v) is 4.81. The number of carboxylic acid groups (broad SMARTS) is 1. The predicted molar refractivity (Wildman–Crippen MR) is 71.4 cm³/mol. The van der Waals surface area contributed by atoms with Crippen LogP contribution in [-0.2, 0) is 9.47 Å². The van der Waals surface area contributed by atoms with Crippen LogP contribution in [0.1, 0.15) is 16.8 Å². The standard InChI is InChI=1S/C13H18O4S/c1-16-6-3-7-17-8-9-18-12-5-2-4-11(10-12)13(14)15/h2,4-5,10H,3,6-9H2,1H3,(H,14,15). The summed E-state index contributed by atoms with van der Waals surface area (Å²) in [5.41, 5.74) is 0.320. The molecule has 1 N–H and O–H groups in total. The van der Waals surface area contributed by atoms with Crippen molar-refractivity contribution in [3.63, 3.8) is 0 Å². The molecule has 0 aliphatic rings. The molecule has 18 heavy (non-hydrogen) atoms. The van der Waals surface area contributed by atoms with Crippen LogP contribution in [0.4, 0.5) is 0 Å². The Labute approximate surface area is 111 Å². The molecule has 1 aromatic carbocycles. The van der Waals surface area contributed by atoms with Gasteiger partial charge in [-0.1, -0.05) is 6.07 Å². The van der Waals surface area contributed by atoms with Gasteiger partial charge in [-0.15, -0.1) is 11.8 Å². The second kappa shape index (κ2) is 8.97. The number of carbonyl (C=O) groups is 1. The molecule has 0 aliphatic heterocycles. The number of hydrogen-bond acceptors (Lipinski definition) is 4. The number of methoxy groups -OCH3 is 1. The molecule has 0 bridgehead atoms. The lowest BCUT2D eigenvalue weighted by molar-refractivity contribution is 0.0696. The molecule has 0 radical (unpaired) electrons. The van der Waals surface area contributed by atoms with Gasteiger partial charge in [-0.25, -0.2) is 4.79 Å². The molecule has 0 heterocycles. The lowest BCUT2D eigenvalue weighted by Gasteiger charge is -2.04. The van der Waals surface area contributed by atoms with Gasteiger partial charge >= 0.3 is 5.97 Å². The number of rotatable bonds is 9. The van der Waals surface area contributed by atoms with Crippen molar-refractivity contribution in [3.05, 3.63) is 29.8 Å². The quantitative estimate of drug-likeness (QED) is 0.552. The number of carboxylic acids is 1. The molecule has 0 unspecified atom stereocenters. The second-order valence-electron chi connectivity index (χ2n) is 3.64. The third-order valence-electron chi connectivity index (χ3n) is 2.21. The molecule has 0 spiro atoms. The molecule has 0 aromatic heterocycles. The Hall–Kier alpha value is -1.04. The Morgan fingerprint density at radius 1 is 1.33 bits per heavy atom. The summed E-state index contributed by atoms with van der Waals surface area (Å²) in [4.78, 5) is 11.7. The first kappa shape index (κ1) is 15.0. The van der Waals surface area contributed by atoms with E-state index in [1.54, 1.807) is 37.1 Å². The van der Waals surface area contributed by atoms with Gasteiger partial charge in [0.1, 0.15) is 0 Å². The summed E-state index contributed by atoms with van der Waals surface area (Å²) < 4.78 is 10.3. The van der Waals surface area contributed by atoms with Gasteiger partial charge in [0.2, 0.25) is 0 Å². The van der Waals surface area contributed by atoms with E-state index in [1.807, 2.05) is 6.07 Å². The molecule has 0 saturated carbocycles. The van der Waals surface area contributed by atoms with Gasteiger partial charge in [0.05, 0.1) is 12.2 Å². The molecule has 1 aromatic rings. The van der Waals surface area contributed by atoms with Gasteiger partial charge in [-0.3, -0.25) is 0 Å². The van der Waals surface area contributed by atoms with Gasteiger partial charge in [-0.2, -0.15) is 0 Å². The van der Waals surface area contributed by atoms with Gasteiger partial charge in [0.15, 0.2) is 0 Å². The van der Waals surface area contributed by atoms with Crippen molar-refractivity contribution in [2.24, 2.45) is 0 Å². The van der Waals surface area contributed by atoms with Gasteiger partial charge in [0.25, 0.3) is 0 Å². The zero-order valence-electron chi connectivity index (χ0n) is 10.4. The maximum Gasteiger partial charge on any atom is 0.335 e. The Kier molecular flexibility index (Phi) is 7.48. The Bertz CT molecular complexity index is 368. The molecule has 0 amide bonds. The summed E-state index contributed by atoms with van der Waals surface area (Å²) in [7, 11) is 1.67. The van der Waals surface area contributed by atoms with E-state index < -0.39 is 5.97 Å². The normalized spacial score (nSPS) is 10.5. The highest BCUT2D eigenvalue weighted by Gasteiger charge is 2.03. The third kappa shape index (κ3) is 6.05. The SMILES string of the molecule is COCCCOCCSc1cccc(C(=O)O)c1. The monoisotopic (exact) mass is 270 g/mol. The van der Waals surface area contributed by atoms with Crippen molar-refractivity contribution in [1.29, 1.82) is 0 Å². The van der Waals surface area contributed by atoms with E-state index in [4.69, 9.17) is 14.6 Å². The first-order valence-electron chi connectivity index (χ1n) is 5.77. The van der Waals surface area contributed by atoms with Crippen LogP contribution in [-0.4, -0.2) is 43.8 Å². The summed E-state index contributed by atoms with van der Waals surface area (Å²) in [6.07, 6.45) is 0.898. The lowest BCUT2D eigenvalue weighted by Crippen LogP contribution is -2.02. The highest BCUT2D eigenvalue weighted by Crippen LogP contribution is 2.18. The number of aromatic carboxylic acids is 1. The van der Waals surface area contributed by atoms with Crippen LogP contribution in [0.2, 0.25) is 0 Å². The first-order valence-corrected chi connectivity index (χ1v) is 6.75. The van der Waals surface area contributed by atoms with Crippen LogP contribution < -0.4 is 0 Å². The van der Waals surface area contributed by atoms with Gasteiger partial charge < -0.3 is 14.6 Å². The van der Waals surface area contributed by atoms with Crippen LogP contribution in [0.5, 0.6) is 0 Å². The number of thioether (sulfide) groups is 1. The van der Waals surface area contributed by atoms with Crippen LogP contribution >= 0.6 is 11.8 Å². The maximum atomic E-state index is 10.8. The molecule has 0 saturated heterocycles. The van der Waals surface area contributed by atoms with E-state index in [1.165, 1.54) is 0 Å². The molecule has 1 rings (SSSR count). The molecular formula is C13H18O4S. The average molecular weight is 270 g/mol. The molecule has 0 aliphatic carbocycles. The van der Waals surface area contributed by atoms with E-state index in [9.17, 15) is 4.79 Å². The highest BCUT2D eigenvalue weighted by molar-refractivity contribution is 7.99. The Balaban J connectivity index is 2.19. The average Bonchev–Trinajstić information content (AvgIpc) is 2.38. The highest BCUT2D eigenvalue weighted by atomic mass is 32.2. The van der Waals surface area contributed by atoms with Gasteiger partial charge in [-0.05, 0) is 24.6 Å². The molecule has 0 fully saturated rings. The fourth-order valence-electron chi connectivity index (χ4n) is 1.34. The topological polar surface area (TPSA) is 55.8 Å². The molecule has 100 valence electrons. The summed E-state index contributed by atoms with van der Waals surface area (Å²) in [6, 6.07) is 6.93. The van der Waals surface area contributed by atoms with E-state index in [-0.39, 0.29) is 0 Å². The van der Waals surface area contributed by atoms with Crippen LogP contribution in [0, 0.1) is 0 Å². The minimum absolute atomic E-state index is 0.320. The summed E-state index contributed by atoms with van der Waals surface area (Å²) in [5, 5.41) is 8.86. The van der Waals surface area contributed by atoms with Gasteiger partial charge in [0, 0.05) is 31.0 Å². The Morgan fingerprint density at radius 3 is 2.89 bits per heavy atom. The van der Waals surface area contributed by atoms with Crippen molar-refractivity contribution < 1.29 is 19.4 Å². The van der Waals surface area contributed by atoms with E-state index in [0.29, 0.717) is 25.4 Å². The van der Waals surface area contributed by atoms with Crippen molar-refractivity contribution in [2.75, 3.05) is 32.7 Å². The third-order valence-corrected chi connectivity index (χ3v) is 3.17. The zero-order valence-corrected chi connectivity index (χ0v) is 11.2. The molecule has 4 nitrogen and oxygen atoms in total. The minimum atomic E-state index is -0.895. The van der Waals surface area contributed by atoms with Crippen LogP contribution in [0.25, 0.3) is 0 Å². The van der Waals surface area contributed by atoms with Crippen LogP contribution in [0.15, 0.2) is 29.2 Å². The van der Waals surface area contributed by atoms with Crippen molar-refractivity contribution >= 4 is 17.7 Å². The predicted octanol–water partition coefficient (Wildman–Crippen LogP) is 2.53. The zero-order chi connectivity index (χ0) is 13.2. The van der Waals surface area contributed by atoms with Crippen LogP contribution in [0.3, 0.4) is 0 Å². The molecule has 5 heteroatoms. The number of benzene rings is 1. The number of hydrogen-bond donors (Lipinski definition) is 1. The maximum absolute atomic E-state index is 10.8. The number of ether oxygens (including phenoxy) is 2. The van der Waals surface area contributed by atoms with E-state index >= 15 is 0 Å². The largest absolute Gasteiger partial charge is 0.478 e.